The zero-order chi connectivity index (χ0) is 11.5. The molecule has 4 nitrogen and oxygen atoms in total. The van der Waals surface area contributed by atoms with Gasteiger partial charge in [0.25, 0.3) is 0 Å². The van der Waals surface area contributed by atoms with Crippen LogP contribution in [0, 0.1) is 0 Å². The molecule has 0 aliphatic carbocycles. The highest BCUT2D eigenvalue weighted by Crippen LogP contribution is 2.20. The minimum Gasteiger partial charge on any atom is -0.508 e. The van der Waals surface area contributed by atoms with Crippen LogP contribution in [0.1, 0.15) is 10.5 Å². The van der Waals surface area contributed by atoms with Gasteiger partial charge in [0.05, 0.1) is 5.69 Å². The number of aromatic hydroxyl groups is 1. The van der Waals surface area contributed by atoms with E-state index in [0.29, 0.717) is 5.69 Å². The fourth-order valence-electron chi connectivity index (χ4n) is 1.35. The first-order valence-corrected chi connectivity index (χ1v) is 4.66. The quantitative estimate of drug-likeness (QED) is 0.805. The molecular weight excluding hydrogens is 206 g/mol. The van der Waals surface area contributed by atoms with Crippen LogP contribution in [0.2, 0.25) is 0 Å². The number of phenols is 1. The summed E-state index contributed by atoms with van der Waals surface area (Å²) in [6, 6.07) is 11.2. The predicted molar refractivity (Wildman–Crippen MR) is 58.3 cm³/mol. The first-order valence-electron chi connectivity index (χ1n) is 4.66. The lowest BCUT2D eigenvalue weighted by Gasteiger charge is -2.02. The molecule has 0 saturated heterocycles. The molecule has 4 heteroatoms. The van der Waals surface area contributed by atoms with Crippen LogP contribution < -0.4 is 0 Å². The zero-order valence-corrected chi connectivity index (χ0v) is 8.29. The Hall–Kier alpha value is -2.36. The maximum atomic E-state index is 10.7. The lowest BCUT2D eigenvalue weighted by atomic mass is 10.1. The Morgan fingerprint density at radius 2 is 1.75 bits per heavy atom. The molecule has 0 unspecified atom stereocenters. The molecule has 2 rings (SSSR count). The van der Waals surface area contributed by atoms with E-state index in [2.05, 4.69) is 4.98 Å². The normalized spacial score (nSPS) is 10.0. The number of nitrogens with zero attached hydrogens (tertiary/aromatic N) is 1. The lowest BCUT2D eigenvalue weighted by molar-refractivity contribution is 0.0690. The summed E-state index contributed by atoms with van der Waals surface area (Å²) in [7, 11) is 0. The van der Waals surface area contributed by atoms with Crippen LogP contribution in [0.5, 0.6) is 5.75 Å². The molecule has 0 radical (unpaired) electrons. The highest BCUT2D eigenvalue weighted by atomic mass is 16.4. The Balaban J connectivity index is 2.44. The number of aromatic nitrogens is 1. The van der Waals surface area contributed by atoms with E-state index in [9.17, 15) is 4.79 Å². The van der Waals surface area contributed by atoms with Crippen molar-refractivity contribution >= 4 is 5.97 Å². The molecule has 1 heterocycles. The van der Waals surface area contributed by atoms with Crippen molar-refractivity contribution in [3.63, 3.8) is 0 Å². The van der Waals surface area contributed by atoms with E-state index in [1.807, 2.05) is 0 Å². The third-order valence-electron chi connectivity index (χ3n) is 2.13. The molecule has 0 bridgehead atoms. The van der Waals surface area contributed by atoms with Gasteiger partial charge in [0, 0.05) is 5.56 Å². The number of carboxylic acid groups (broad SMARTS) is 1. The van der Waals surface area contributed by atoms with Crippen LogP contribution in [0.3, 0.4) is 0 Å². The molecule has 0 spiro atoms. The molecule has 0 fully saturated rings. The van der Waals surface area contributed by atoms with E-state index in [-0.39, 0.29) is 11.4 Å². The zero-order valence-electron chi connectivity index (χ0n) is 8.29. The van der Waals surface area contributed by atoms with Crippen molar-refractivity contribution in [1.29, 1.82) is 0 Å². The monoisotopic (exact) mass is 215 g/mol. The number of carbonyl (C=O) groups is 1. The summed E-state index contributed by atoms with van der Waals surface area (Å²) in [6.07, 6.45) is 0. The number of hydrogen-bond donors (Lipinski definition) is 2. The van der Waals surface area contributed by atoms with Gasteiger partial charge >= 0.3 is 5.97 Å². The van der Waals surface area contributed by atoms with Gasteiger partial charge in [0.2, 0.25) is 0 Å². The van der Waals surface area contributed by atoms with Gasteiger partial charge in [-0.1, -0.05) is 6.07 Å². The summed E-state index contributed by atoms with van der Waals surface area (Å²) < 4.78 is 0. The third-order valence-corrected chi connectivity index (χ3v) is 2.13. The van der Waals surface area contributed by atoms with Crippen LogP contribution in [-0.2, 0) is 0 Å². The van der Waals surface area contributed by atoms with Gasteiger partial charge in [0.1, 0.15) is 11.4 Å². The molecular formula is C12H9NO3. The van der Waals surface area contributed by atoms with Crippen molar-refractivity contribution in [3.8, 4) is 17.0 Å². The number of rotatable bonds is 2. The number of benzene rings is 1. The number of phenolic OH excluding ortho intramolecular Hbond substituents is 1. The molecule has 0 amide bonds. The maximum absolute atomic E-state index is 10.7. The van der Waals surface area contributed by atoms with E-state index in [1.165, 1.54) is 18.2 Å². The number of hydrogen-bond acceptors (Lipinski definition) is 3. The second-order valence-corrected chi connectivity index (χ2v) is 3.26. The Bertz CT molecular complexity index is 520. The Morgan fingerprint density at radius 3 is 2.38 bits per heavy atom. The maximum Gasteiger partial charge on any atom is 0.354 e. The molecule has 1 aromatic carbocycles. The molecule has 16 heavy (non-hydrogen) atoms. The molecule has 0 atom stereocenters. The predicted octanol–water partition coefficient (Wildman–Crippen LogP) is 2.15. The lowest BCUT2D eigenvalue weighted by Crippen LogP contribution is -2.00. The van der Waals surface area contributed by atoms with Gasteiger partial charge in [-0.2, -0.15) is 0 Å². The summed E-state index contributed by atoms with van der Waals surface area (Å²) in [4.78, 5) is 14.7. The summed E-state index contributed by atoms with van der Waals surface area (Å²) >= 11 is 0. The summed E-state index contributed by atoms with van der Waals surface area (Å²) in [5, 5.41) is 17.9. The summed E-state index contributed by atoms with van der Waals surface area (Å²) in [5.41, 5.74) is 1.34. The number of pyridine rings is 1. The van der Waals surface area contributed by atoms with E-state index in [1.54, 1.807) is 24.3 Å². The SMILES string of the molecule is O=C(O)c1cccc(-c2ccc(O)cc2)n1. The third kappa shape index (κ3) is 2.00. The van der Waals surface area contributed by atoms with Gasteiger partial charge in [0.15, 0.2) is 0 Å². The van der Waals surface area contributed by atoms with Crippen molar-refractivity contribution in [2.45, 2.75) is 0 Å². The van der Waals surface area contributed by atoms with Crippen LogP contribution in [0.4, 0.5) is 0 Å². The minimum absolute atomic E-state index is 0.00516. The smallest absolute Gasteiger partial charge is 0.354 e. The molecule has 2 N–H and O–H groups in total. The minimum atomic E-state index is -1.05. The van der Waals surface area contributed by atoms with Gasteiger partial charge in [-0.05, 0) is 36.4 Å². The highest BCUT2D eigenvalue weighted by Gasteiger charge is 2.06. The van der Waals surface area contributed by atoms with Crippen molar-refractivity contribution in [1.82, 2.24) is 4.98 Å². The second-order valence-electron chi connectivity index (χ2n) is 3.26. The van der Waals surface area contributed by atoms with Gasteiger partial charge < -0.3 is 10.2 Å². The van der Waals surface area contributed by atoms with E-state index in [0.717, 1.165) is 5.56 Å². The highest BCUT2D eigenvalue weighted by molar-refractivity contribution is 5.86. The van der Waals surface area contributed by atoms with Crippen molar-refractivity contribution in [3.05, 3.63) is 48.2 Å². The molecule has 80 valence electrons. The van der Waals surface area contributed by atoms with E-state index < -0.39 is 5.97 Å². The van der Waals surface area contributed by atoms with Crippen LogP contribution in [-0.4, -0.2) is 21.2 Å². The Morgan fingerprint density at radius 1 is 1.06 bits per heavy atom. The van der Waals surface area contributed by atoms with Crippen molar-refractivity contribution in [2.24, 2.45) is 0 Å². The van der Waals surface area contributed by atoms with Crippen LogP contribution in [0.15, 0.2) is 42.5 Å². The summed E-state index contributed by atoms with van der Waals surface area (Å²) in [6.45, 7) is 0. The van der Waals surface area contributed by atoms with Crippen molar-refractivity contribution in [2.75, 3.05) is 0 Å². The number of aromatic carboxylic acids is 1. The van der Waals surface area contributed by atoms with E-state index >= 15 is 0 Å². The van der Waals surface area contributed by atoms with Crippen LogP contribution >= 0.6 is 0 Å². The summed E-state index contributed by atoms with van der Waals surface area (Å²) in [5.74, 6) is -0.890. The molecule has 0 aliphatic rings. The average Bonchev–Trinajstić information content (AvgIpc) is 2.30. The first-order chi connectivity index (χ1) is 7.66. The fourth-order valence-corrected chi connectivity index (χ4v) is 1.35. The topological polar surface area (TPSA) is 70.4 Å². The molecule has 2 aromatic rings. The standard InChI is InChI=1S/C12H9NO3/c14-9-6-4-8(5-7-9)10-2-1-3-11(13-10)12(15)16/h1-7,14H,(H,15,16). The van der Waals surface area contributed by atoms with Crippen molar-refractivity contribution < 1.29 is 15.0 Å². The average molecular weight is 215 g/mol. The Kier molecular flexibility index (Phi) is 2.55. The first kappa shape index (κ1) is 10.2. The van der Waals surface area contributed by atoms with Gasteiger partial charge in [-0.15, -0.1) is 0 Å². The molecule has 0 aliphatic heterocycles. The van der Waals surface area contributed by atoms with E-state index in [4.69, 9.17) is 10.2 Å². The Labute approximate surface area is 91.8 Å². The number of carboxylic acids is 1. The molecule has 1 aromatic heterocycles. The second kappa shape index (κ2) is 4.02. The molecule has 0 saturated carbocycles. The van der Waals surface area contributed by atoms with Crippen LogP contribution in [0.25, 0.3) is 11.3 Å². The fraction of sp³-hybridized carbons (Fsp3) is 0. The van der Waals surface area contributed by atoms with Gasteiger partial charge in [-0.25, -0.2) is 9.78 Å². The van der Waals surface area contributed by atoms with Gasteiger partial charge in [-0.3, -0.25) is 0 Å². The largest absolute Gasteiger partial charge is 0.508 e.